The molecule has 0 saturated carbocycles. The van der Waals surface area contributed by atoms with E-state index in [0.717, 1.165) is 10.0 Å². The molecule has 21 heavy (non-hydrogen) atoms. The van der Waals surface area contributed by atoms with Gasteiger partial charge in [-0.3, -0.25) is 4.79 Å². The molecule has 0 aliphatic carbocycles. The third-order valence-corrected chi connectivity index (χ3v) is 4.65. The summed E-state index contributed by atoms with van der Waals surface area (Å²) in [4.78, 5) is 23.9. The first-order valence-corrected chi connectivity index (χ1v) is 7.98. The van der Waals surface area contributed by atoms with Crippen LogP contribution < -0.4 is 5.32 Å². The van der Waals surface area contributed by atoms with Gasteiger partial charge in [0, 0.05) is 10.2 Å². The van der Waals surface area contributed by atoms with E-state index in [2.05, 4.69) is 21.2 Å². The van der Waals surface area contributed by atoms with Crippen LogP contribution in [-0.2, 0) is 9.53 Å². The van der Waals surface area contributed by atoms with Gasteiger partial charge in [-0.15, -0.1) is 11.3 Å². The normalized spacial score (nSPS) is 10.2. The SMILES string of the molecule is Cc1cc(Br)c(Cl)cc1NC(=O)COC(=O)c1cccs1. The molecule has 2 aromatic rings. The molecule has 4 nitrogen and oxygen atoms in total. The highest BCUT2D eigenvalue weighted by atomic mass is 79.9. The number of nitrogens with one attached hydrogen (secondary N) is 1. The van der Waals surface area contributed by atoms with Gasteiger partial charge in [0.05, 0.1) is 5.02 Å². The van der Waals surface area contributed by atoms with Crippen molar-refractivity contribution in [1.82, 2.24) is 0 Å². The van der Waals surface area contributed by atoms with Crippen molar-refractivity contribution < 1.29 is 14.3 Å². The zero-order chi connectivity index (χ0) is 15.4. The number of aryl methyl sites for hydroxylation is 1. The van der Waals surface area contributed by atoms with Gasteiger partial charge >= 0.3 is 5.97 Å². The molecule has 0 saturated heterocycles. The average Bonchev–Trinajstić information content (AvgIpc) is 2.96. The summed E-state index contributed by atoms with van der Waals surface area (Å²) in [6, 6.07) is 6.83. The Bertz CT molecular complexity index is 673. The minimum atomic E-state index is -0.509. The summed E-state index contributed by atoms with van der Waals surface area (Å²) < 4.78 is 5.68. The number of carbonyl (C=O) groups is 2. The molecule has 0 radical (unpaired) electrons. The maximum Gasteiger partial charge on any atom is 0.348 e. The van der Waals surface area contributed by atoms with Gasteiger partial charge < -0.3 is 10.1 Å². The second kappa shape index (κ2) is 7.06. The van der Waals surface area contributed by atoms with E-state index in [4.69, 9.17) is 16.3 Å². The van der Waals surface area contributed by atoms with Gasteiger partial charge in [0.2, 0.25) is 0 Å². The monoisotopic (exact) mass is 387 g/mol. The van der Waals surface area contributed by atoms with Crippen LogP contribution in [0, 0.1) is 6.92 Å². The van der Waals surface area contributed by atoms with E-state index < -0.39 is 11.9 Å². The molecule has 0 fully saturated rings. The molecule has 0 bridgehead atoms. The van der Waals surface area contributed by atoms with Crippen molar-refractivity contribution in [2.45, 2.75) is 6.92 Å². The van der Waals surface area contributed by atoms with Crippen molar-refractivity contribution in [2.75, 3.05) is 11.9 Å². The van der Waals surface area contributed by atoms with Gasteiger partial charge in [-0.05, 0) is 52.0 Å². The Morgan fingerprint density at radius 3 is 2.86 bits per heavy atom. The lowest BCUT2D eigenvalue weighted by atomic mass is 10.2. The van der Waals surface area contributed by atoms with Crippen LogP contribution in [-0.4, -0.2) is 18.5 Å². The van der Waals surface area contributed by atoms with Crippen molar-refractivity contribution in [3.05, 3.63) is 49.6 Å². The molecule has 0 aliphatic rings. The molecule has 0 unspecified atom stereocenters. The summed E-state index contributed by atoms with van der Waals surface area (Å²) >= 11 is 10.6. The maximum absolute atomic E-state index is 11.8. The molecule has 1 aromatic heterocycles. The van der Waals surface area contributed by atoms with Crippen molar-refractivity contribution in [2.24, 2.45) is 0 Å². The van der Waals surface area contributed by atoms with Gasteiger partial charge in [-0.1, -0.05) is 17.7 Å². The minimum absolute atomic E-state index is 0.343. The lowest BCUT2D eigenvalue weighted by molar-refractivity contribution is -0.119. The van der Waals surface area contributed by atoms with E-state index in [1.807, 2.05) is 6.92 Å². The molecule has 0 atom stereocenters. The number of hydrogen-bond acceptors (Lipinski definition) is 4. The fourth-order valence-corrected chi connectivity index (χ4v) is 2.80. The molecule has 0 spiro atoms. The fourth-order valence-electron chi connectivity index (χ4n) is 1.56. The predicted molar refractivity (Wildman–Crippen MR) is 87.1 cm³/mol. The van der Waals surface area contributed by atoms with E-state index in [9.17, 15) is 9.59 Å². The summed E-state index contributed by atoms with van der Waals surface area (Å²) in [5.41, 5.74) is 1.43. The summed E-state index contributed by atoms with van der Waals surface area (Å²) in [6.07, 6.45) is 0. The lowest BCUT2D eigenvalue weighted by Crippen LogP contribution is -2.21. The number of rotatable bonds is 4. The number of ether oxygens (including phenoxy) is 1. The number of thiophene rings is 1. The first-order valence-electron chi connectivity index (χ1n) is 5.93. The molecule has 1 aromatic carbocycles. The molecular weight excluding hydrogens is 378 g/mol. The van der Waals surface area contributed by atoms with Gasteiger partial charge in [0.25, 0.3) is 5.91 Å². The van der Waals surface area contributed by atoms with Crippen LogP contribution in [0.1, 0.15) is 15.2 Å². The molecule has 1 heterocycles. The highest BCUT2D eigenvalue weighted by Gasteiger charge is 2.12. The Kier molecular flexibility index (Phi) is 5.39. The first kappa shape index (κ1) is 16.0. The van der Waals surface area contributed by atoms with Crippen LogP contribution in [0.4, 0.5) is 5.69 Å². The highest BCUT2D eigenvalue weighted by molar-refractivity contribution is 9.10. The van der Waals surface area contributed by atoms with Gasteiger partial charge in [0.1, 0.15) is 4.88 Å². The smallest absolute Gasteiger partial charge is 0.348 e. The summed E-state index contributed by atoms with van der Waals surface area (Å²) in [5.74, 6) is -0.924. The number of benzene rings is 1. The van der Waals surface area contributed by atoms with Crippen LogP contribution in [0.2, 0.25) is 5.02 Å². The molecule has 7 heteroatoms. The average molecular weight is 389 g/mol. The first-order chi connectivity index (χ1) is 9.97. The van der Waals surface area contributed by atoms with Crippen molar-refractivity contribution in [1.29, 1.82) is 0 Å². The van der Waals surface area contributed by atoms with Crippen LogP contribution in [0.25, 0.3) is 0 Å². The second-order valence-electron chi connectivity index (χ2n) is 4.18. The van der Waals surface area contributed by atoms with Crippen LogP contribution in [0.15, 0.2) is 34.1 Å². The van der Waals surface area contributed by atoms with E-state index >= 15 is 0 Å². The predicted octanol–water partition coefficient (Wildman–Crippen LogP) is 4.27. The Hall–Kier alpha value is -1.37. The van der Waals surface area contributed by atoms with Gasteiger partial charge in [-0.25, -0.2) is 4.79 Å². The molecule has 1 N–H and O–H groups in total. The topological polar surface area (TPSA) is 55.4 Å². The van der Waals surface area contributed by atoms with Gasteiger partial charge in [-0.2, -0.15) is 0 Å². The zero-order valence-corrected chi connectivity index (χ0v) is 14.1. The number of esters is 1. The second-order valence-corrected chi connectivity index (χ2v) is 6.39. The molecule has 1 amide bonds. The Morgan fingerprint density at radius 1 is 1.43 bits per heavy atom. The number of hydrogen-bond donors (Lipinski definition) is 1. The Balaban J connectivity index is 1.93. The molecule has 0 aliphatic heterocycles. The van der Waals surface area contributed by atoms with E-state index in [1.54, 1.807) is 29.6 Å². The summed E-state index contributed by atoms with van der Waals surface area (Å²) in [5, 5.41) is 4.92. The highest BCUT2D eigenvalue weighted by Crippen LogP contribution is 2.28. The van der Waals surface area contributed by atoms with E-state index in [0.29, 0.717) is 15.6 Å². The largest absolute Gasteiger partial charge is 0.451 e. The molecular formula is C14H11BrClNO3S. The van der Waals surface area contributed by atoms with Crippen LogP contribution in [0.3, 0.4) is 0 Å². The number of amides is 1. The fraction of sp³-hybridized carbons (Fsp3) is 0.143. The number of anilines is 1. The molecule has 110 valence electrons. The quantitative estimate of drug-likeness (QED) is 0.796. The minimum Gasteiger partial charge on any atom is -0.451 e. The molecule has 2 rings (SSSR count). The van der Waals surface area contributed by atoms with Crippen molar-refractivity contribution in [3.8, 4) is 0 Å². The van der Waals surface area contributed by atoms with Gasteiger partial charge in [0.15, 0.2) is 6.61 Å². The maximum atomic E-state index is 11.8. The summed E-state index contributed by atoms with van der Waals surface area (Å²) in [6.45, 7) is 1.50. The lowest BCUT2D eigenvalue weighted by Gasteiger charge is -2.10. The number of halogens is 2. The van der Waals surface area contributed by atoms with Crippen LogP contribution >= 0.6 is 38.9 Å². The third-order valence-electron chi connectivity index (χ3n) is 2.60. The summed E-state index contributed by atoms with van der Waals surface area (Å²) in [7, 11) is 0. The van der Waals surface area contributed by atoms with Crippen LogP contribution in [0.5, 0.6) is 0 Å². The standard InChI is InChI=1S/C14H11BrClNO3S/c1-8-5-9(15)10(16)6-11(8)17-13(18)7-20-14(19)12-3-2-4-21-12/h2-6H,7H2,1H3,(H,17,18). The van der Waals surface area contributed by atoms with E-state index in [1.165, 1.54) is 11.3 Å². The Morgan fingerprint density at radius 2 is 2.19 bits per heavy atom. The van der Waals surface area contributed by atoms with E-state index in [-0.39, 0.29) is 6.61 Å². The third kappa shape index (κ3) is 4.30. The van der Waals surface area contributed by atoms with Crippen molar-refractivity contribution in [3.63, 3.8) is 0 Å². The number of carbonyl (C=O) groups excluding carboxylic acids is 2. The zero-order valence-electron chi connectivity index (χ0n) is 11.0. The Labute approximate surface area is 139 Å². The van der Waals surface area contributed by atoms with Crippen molar-refractivity contribution >= 4 is 56.4 Å².